The van der Waals surface area contributed by atoms with E-state index in [0.29, 0.717) is 0 Å². The molecule has 0 heterocycles. The molecule has 0 aromatic carbocycles. The molecular weight excluding hydrogens is 228 g/mol. The molecule has 16 heavy (non-hydrogen) atoms. The van der Waals surface area contributed by atoms with Gasteiger partial charge in [-0.25, -0.2) is 9.59 Å². The predicted octanol–water partition coefficient (Wildman–Crippen LogP) is -3.79. The van der Waals surface area contributed by atoms with Gasteiger partial charge in [-0.3, -0.25) is 0 Å². The smallest absolute Gasteiger partial charge is 0.414 e. The molecule has 0 rings (SSSR count). The quantitative estimate of drug-likeness (QED) is 0.244. The van der Waals surface area contributed by atoms with Crippen LogP contribution in [0.3, 0.4) is 0 Å². The van der Waals surface area contributed by atoms with E-state index in [1.807, 2.05) is 0 Å². The fourth-order valence-corrected chi connectivity index (χ4v) is 0.472. The Balaban J connectivity index is 0. The molecule has 0 aliphatic carbocycles. The number of carboxylic acid groups (broad SMARTS) is 2. The minimum absolute atomic E-state index is 0.641. The molecule has 7 N–H and O–H groups in total. The zero-order chi connectivity index (χ0) is 13.3. The van der Waals surface area contributed by atoms with Crippen LogP contribution in [0.1, 0.15) is 0 Å². The van der Waals surface area contributed by atoms with Gasteiger partial charge in [0.15, 0.2) is 0 Å². The summed E-state index contributed by atoms with van der Waals surface area (Å²) in [6.07, 6.45) is -4.29. The van der Waals surface area contributed by atoms with Crippen molar-refractivity contribution in [2.45, 2.75) is 18.3 Å². The van der Waals surface area contributed by atoms with Crippen molar-refractivity contribution < 1.29 is 45.3 Å². The van der Waals surface area contributed by atoms with Gasteiger partial charge in [0.25, 0.3) is 0 Å². The van der Waals surface area contributed by atoms with E-state index in [2.05, 4.69) is 0 Å². The van der Waals surface area contributed by atoms with E-state index in [1.165, 1.54) is 0 Å². The molecule has 0 fully saturated rings. The topological polar surface area (TPSA) is 176 Å². The SMILES string of the molecule is O=C(O)C(=O)O.OCC(O)C(O)C(O)CO. The van der Waals surface area contributed by atoms with Gasteiger partial charge in [-0.05, 0) is 0 Å². The van der Waals surface area contributed by atoms with Crippen LogP contribution >= 0.6 is 0 Å². The molecule has 0 saturated heterocycles. The number of aliphatic hydroxyl groups excluding tert-OH is 5. The third kappa shape index (κ3) is 8.08. The summed E-state index contributed by atoms with van der Waals surface area (Å²) in [5.41, 5.74) is 0. The Labute approximate surface area is 89.8 Å². The molecule has 2 unspecified atom stereocenters. The lowest BCUT2D eigenvalue weighted by molar-refractivity contribution is -0.159. The Morgan fingerprint density at radius 3 is 1.19 bits per heavy atom. The van der Waals surface area contributed by atoms with Gasteiger partial charge < -0.3 is 35.7 Å². The standard InChI is InChI=1S/C5H12O5.C2H2O4/c6-1-3(8)5(10)4(9)2-7;3-1(4)2(5)6/h3-10H,1-2H2;(H,3,4)(H,5,6). The molecule has 2 atom stereocenters. The number of carboxylic acids is 2. The van der Waals surface area contributed by atoms with Crippen molar-refractivity contribution in [3.8, 4) is 0 Å². The summed E-state index contributed by atoms with van der Waals surface area (Å²) in [4.78, 5) is 18.2. The second-order valence-electron chi connectivity index (χ2n) is 2.60. The van der Waals surface area contributed by atoms with E-state index >= 15 is 0 Å². The van der Waals surface area contributed by atoms with Crippen molar-refractivity contribution in [1.29, 1.82) is 0 Å². The Kier molecular flexibility index (Phi) is 9.65. The third-order valence-electron chi connectivity index (χ3n) is 1.35. The van der Waals surface area contributed by atoms with Crippen molar-refractivity contribution >= 4 is 11.9 Å². The Hall–Kier alpha value is -1.26. The highest BCUT2D eigenvalue weighted by Crippen LogP contribution is 1.97. The first-order valence-corrected chi connectivity index (χ1v) is 4.00. The van der Waals surface area contributed by atoms with Crippen molar-refractivity contribution in [3.05, 3.63) is 0 Å². The van der Waals surface area contributed by atoms with Crippen molar-refractivity contribution in [2.75, 3.05) is 13.2 Å². The first kappa shape index (κ1) is 17.1. The maximum absolute atomic E-state index is 9.10. The van der Waals surface area contributed by atoms with Gasteiger partial charge in [-0.15, -0.1) is 0 Å². The highest BCUT2D eigenvalue weighted by atomic mass is 16.4. The van der Waals surface area contributed by atoms with E-state index < -0.39 is 43.5 Å². The molecule has 0 saturated carbocycles. The highest BCUT2D eigenvalue weighted by Gasteiger charge is 2.22. The summed E-state index contributed by atoms with van der Waals surface area (Å²) in [6.45, 7) is -1.28. The molecule has 0 spiro atoms. The fraction of sp³-hybridized carbons (Fsp3) is 0.714. The molecule has 0 bridgehead atoms. The van der Waals surface area contributed by atoms with Crippen LogP contribution in [0.25, 0.3) is 0 Å². The van der Waals surface area contributed by atoms with Crippen LogP contribution in [0.4, 0.5) is 0 Å². The molecular formula is C7H14O9. The number of carbonyl (C=O) groups is 2. The molecule has 0 amide bonds. The minimum Gasteiger partial charge on any atom is -0.473 e. The Bertz CT molecular complexity index is 194. The lowest BCUT2D eigenvalue weighted by Crippen LogP contribution is -2.41. The number of hydrogen-bond donors (Lipinski definition) is 7. The fourth-order valence-electron chi connectivity index (χ4n) is 0.472. The number of hydrogen-bond acceptors (Lipinski definition) is 7. The average molecular weight is 242 g/mol. The number of aliphatic hydroxyl groups is 5. The van der Waals surface area contributed by atoms with Gasteiger partial charge in [0.1, 0.15) is 18.3 Å². The normalized spacial score (nSPS) is 15.3. The minimum atomic E-state index is -1.82. The van der Waals surface area contributed by atoms with Crippen LogP contribution in [-0.2, 0) is 9.59 Å². The molecule has 0 radical (unpaired) electrons. The maximum atomic E-state index is 9.10. The molecule has 0 aliphatic heterocycles. The van der Waals surface area contributed by atoms with E-state index in [9.17, 15) is 0 Å². The van der Waals surface area contributed by atoms with Gasteiger partial charge in [0.2, 0.25) is 0 Å². The van der Waals surface area contributed by atoms with Crippen LogP contribution in [0, 0.1) is 0 Å². The molecule has 0 aromatic heterocycles. The van der Waals surface area contributed by atoms with Gasteiger partial charge in [0.05, 0.1) is 13.2 Å². The van der Waals surface area contributed by atoms with Crippen molar-refractivity contribution in [1.82, 2.24) is 0 Å². The monoisotopic (exact) mass is 242 g/mol. The van der Waals surface area contributed by atoms with E-state index in [-0.39, 0.29) is 0 Å². The third-order valence-corrected chi connectivity index (χ3v) is 1.35. The zero-order valence-electron chi connectivity index (χ0n) is 8.09. The zero-order valence-corrected chi connectivity index (χ0v) is 8.09. The summed E-state index contributed by atoms with van der Waals surface area (Å²) in [6, 6.07) is 0. The summed E-state index contributed by atoms with van der Waals surface area (Å²) < 4.78 is 0. The van der Waals surface area contributed by atoms with Crippen molar-refractivity contribution in [2.24, 2.45) is 0 Å². The number of aliphatic carboxylic acids is 2. The summed E-state index contributed by atoms with van der Waals surface area (Å²) >= 11 is 0. The Morgan fingerprint density at radius 2 is 1.06 bits per heavy atom. The first-order valence-electron chi connectivity index (χ1n) is 4.00. The highest BCUT2D eigenvalue weighted by molar-refractivity contribution is 6.27. The van der Waals surface area contributed by atoms with Crippen LogP contribution in [0.2, 0.25) is 0 Å². The van der Waals surface area contributed by atoms with E-state index in [4.69, 9.17) is 45.3 Å². The van der Waals surface area contributed by atoms with Crippen LogP contribution in [0.15, 0.2) is 0 Å². The summed E-state index contributed by atoms with van der Waals surface area (Å²) in [7, 11) is 0. The first-order chi connectivity index (χ1) is 7.27. The second kappa shape index (κ2) is 9.00. The molecule has 0 aliphatic rings. The Morgan fingerprint density at radius 1 is 0.812 bits per heavy atom. The lowest BCUT2D eigenvalue weighted by Gasteiger charge is -2.19. The van der Waals surface area contributed by atoms with Crippen molar-refractivity contribution in [3.63, 3.8) is 0 Å². The van der Waals surface area contributed by atoms with E-state index in [0.717, 1.165) is 0 Å². The second-order valence-corrected chi connectivity index (χ2v) is 2.60. The largest absolute Gasteiger partial charge is 0.473 e. The molecule has 0 aromatic rings. The van der Waals surface area contributed by atoms with Crippen LogP contribution in [0.5, 0.6) is 0 Å². The van der Waals surface area contributed by atoms with Crippen LogP contribution < -0.4 is 0 Å². The molecule has 9 nitrogen and oxygen atoms in total. The average Bonchev–Trinajstić information content (AvgIpc) is 2.26. The number of rotatable bonds is 4. The lowest BCUT2D eigenvalue weighted by atomic mass is 10.1. The van der Waals surface area contributed by atoms with Crippen LogP contribution in [-0.4, -0.2) is 79.2 Å². The van der Waals surface area contributed by atoms with Gasteiger partial charge in [-0.1, -0.05) is 0 Å². The predicted molar refractivity (Wildman–Crippen MR) is 47.5 cm³/mol. The molecule has 96 valence electrons. The molecule has 9 heteroatoms. The van der Waals surface area contributed by atoms with Gasteiger partial charge in [0, 0.05) is 0 Å². The van der Waals surface area contributed by atoms with E-state index in [1.54, 1.807) is 0 Å². The van der Waals surface area contributed by atoms with Gasteiger partial charge in [-0.2, -0.15) is 0 Å². The maximum Gasteiger partial charge on any atom is 0.414 e. The summed E-state index contributed by atoms with van der Waals surface area (Å²) in [5.74, 6) is -3.65. The van der Waals surface area contributed by atoms with Gasteiger partial charge >= 0.3 is 11.9 Å². The summed E-state index contributed by atoms with van der Waals surface area (Å²) in [5, 5.41) is 57.4.